The van der Waals surface area contributed by atoms with Gasteiger partial charge in [0.15, 0.2) is 5.15 Å². The maximum absolute atomic E-state index is 14.7. The predicted molar refractivity (Wildman–Crippen MR) is 182 cm³/mol. The van der Waals surface area contributed by atoms with Crippen LogP contribution >= 0.6 is 11.6 Å². The Bertz CT molecular complexity index is 1520. The van der Waals surface area contributed by atoms with Crippen LogP contribution in [0.25, 0.3) is 11.0 Å². The molecule has 1 saturated heterocycles. The average Bonchev–Trinajstić information content (AvgIpc) is 3.44. The van der Waals surface area contributed by atoms with Crippen LogP contribution in [-0.2, 0) is 19.1 Å². The zero-order valence-electron chi connectivity index (χ0n) is 28.9. The summed E-state index contributed by atoms with van der Waals surface area (Å²) in [6, 6.07) is 3.36. The van der Waals surface area contributed by atoms with Crippen molar-refractivity contribution in [3.8, 4) is 11.6 Å². The Morgan fingerprint density at radius 3 is 2.56 bits per heavy atom. The van der Waals surface area contributed by atoms with Gasteiger partial charge in [-0.15, -0.1) is 6.58 Å². The number of rotatable bonds is 12. The van der Waals surface area contributed by atoms with Crippen LogP contribution in [0, 0.1) is 17.3 Å². The Morgan fingerprint density at radius 2 is 1.90 bits per heavy atom. The molecule has 12 heteroatoms. The van der Waals surface area contributed by atoms with Gasteiger partial charge in [-0.2, -0.15) is 0 Å². The van der Waals surface area contributed by atoms with Crippen molar-refractivity contribution >= 4 is 40.6 Å². The minimum Gasteiger partial charge on any atom is -0.497 e. The van der Waals surface area contributed by atoms with E-state index < -0.39 is 47.2 Å². The minimum atomic E-state index is -0.975. The van der Waals surface area contributed by atoms with Crippen molar-refractivity contribution in [2.75, 3.05) is 13.7 Å². The number of nitrogens with one attached hydrogen (secondary N) is 1. The highest BCUT2D eigenvalue weighted by atomic mass is 35.5. The summed E-state index contributed by atoms with van der Waals surface area (Å²) in [5.74, 6) is -0.415. The first-order valence-corrected chi connectivity index (χ1v) is 17.4. The molecule has 1 aliphatic heterocycles. The largest absolute Gasteiger partial charge is 0.497 e. The summed E-state index contributed by atoms with van der Waals surface area (Å²) in [7, 11) is 1.56. The number of amides is 2. The van der Waals surface area contributed by atoms with E-state index in [1.165, 1.54) is 4.90 Å². The first-order chi connectivity index (χ1) is 22.7. The second-order valence-corrected chi connectivity index (χ2v) is 15.1. The molecule has 1 unspecified atom stereocenters. The number of allylic oxidation sites excluding steroid dienone is 1. The molecule has 48 heavy (non-hydrogen) atoms. The number of carbonyl (C=O) groups excluding carboxylic acids is 3. The lowest BCUT2D eigenvalue weighted by molar-refractivity contribution is -0.165. The van der Waals surface area contributed by atoms with Crippen molar-refractivity contribution in [2.24, 2.45) is 17.3 Å². The molecule has 0 bridgehead atoms. The lowest BCUT2D eigenvalue weighted by atomic mass is 9.79. The normalized spacial score (nSPS) is 25.3. The molecule has 262 valence electrons. The van der Waals surface area contributed by atoms with Gasteiger partial charge in [0, 0.05) is 12.0 Å². The van der Waals surface area contributed by atoms with E-state index in [1.54, 1.807) is 46.1 Å². The third-order valence-corrected chi connectivity index (χ3v) is 10.1. The number of methoxy groups -OCH3 is 1. The van der Waals surface area contributed by atoms with Crippen LogP contribution in [0.4, 0.5) is 4.79 Å². The number of likely N-dealkylation sites (tertiary alicyclic amines) is 1. The third kappa shape index (κ3) is 8.15. The van der Waals surface area contributed by atoms with Crippen molar-refractivity contribution in [3.05, 3.63) is 36.0 Å². The van der Waals surface area contributed by atoms with Crippen molar-refractivity contribution in [2.45, 2.75) is 116 Å². The number of hydrogen-bond donors (Lipinski definition) is 1. The Labute approximate surface area is 288 Å². The van der Waals surface area contributed by atoms with Crippen LogP contribution in [-0.4, -0.2) is 76.4 Å². The first kappa shape index (κ1) is 35.7. The summed E-state index contributed by atoms with van der Waals surface area (Å²) in [5.41, 5.74) is -0.222. The maximum Gasteiger partial charge on any atom is 0.408 e. The van der Waals surface area contributed by atoms with Gasteiger partial charge in [0.2, 0.25) is 5.91 Å². The topological polar surface area (TPSA) is 129 Å². The number of halogens is 1. The number of aromatic nitrogens is 2. The van der Waals surface area contributed by atoms with Gasteiger partial charge in [-0.25, -0.2) is 19.6 Å². The Balaban J connectivity index is 1.40. The number of benzene rings is 1. The summed E-state index contributed by atoms with van der Waals surface area (Å²) >= 11 is 6.52. The highest BCUT2D eigenvalue weighted by Gasteiger charge is 2.53. The van der Waals surface area contributed by atoms with E-state index in [9.17, 15) is 14.4 Å². The molecule has 2 aromatic rings. The molecule has 2 amide bonds. The summed E-state index contributed by atoms with van der Waals surface area (Å²) in [4.78, 5) is 52.3. The molecular weight excluding hydrogens is 636 g/mol. The molecule has 1 aromatic carbocycles. The van der Waals surface area contributed by atoms with Crippen LogP contribution in [0.5, 0.6) is 11.6 Å². The highest BCUT2D eigenvalue weighted by molar-refractivity contribution is 6.31. The van der Waals surface area contributed by atoms with Crippen LogP contribution in [0.1, 0.15) is 86.0 Å². The Kier molecular flexibility index (Phi) is 10.8. The summed E-state index contributed by atoms with van der Waals surface area (Å²) < 4.78 is 23.3. The number of nitrogens with zero attached hydrogens (tertiary/aromatic N) is 3. The van der Waals surface area contributed by atoms with Crippen molar-refractivity contribution in [1.82, 2.24) is 20.2 Å². The molecule has 6 atom stereocenters. The first-order valence-electron chi connectivity index (χ1n) is 17.0. The van der Waals surface area contributed by atoms with Crippen LogP contribution in [0.2, 0.25) is 5.15 Å². The van der Waals surface area contributed by atoms with Gasteiger partial charge in [-0.05, 0) is 82.8 Å². The second kappa shape index (κ2) is 14.5. The smallest absolute Gasteiger partial charge is 0.408 e. The number of alkyl carbamates (subject to hydrolysis) is 1. The lowest BCUT2D eigenvalue weighted by Gasteiger charge is -2.37. The molecule has 11 nitrogen and oxygen atoms in total. The molecule has 3 fully saturated rings. The molecule has 1 N–H and O–H groups in total. The van der Waals surface area contributed by atoms with E-state index in [2.05, 4.69) is 21.9 Å². The fourth-order valence-electron chi connectivity index (χ4n) is 7.03. The Hall–Kier alpha value is -3.60. The van der Waals surface area contributed by atoms with Crippen LogP contribution in [0.15, 0.2) is 30.9 Å². The van der Waals surface area contributed by atoms with Crippen LogP contribution in [0.3, 0.4) is 0 Å². The number of ether oxygens (including phenoxy) is 4. The fourth-order valence-corrected chi connectivity index (χ4v) is 7.21. The molecule has 2 heterocycles. The van der Waals surface area contributed by atoms with Gasteiger partial charge in [-0.3, -0.25) is 4.79 Å². The van der Waals surface area contributed by atoms with Crippen molar-refractivity contribution in [1.29, 1.82) is 0 Å². The summed E-state index contributed by atoms with van der Waals surface area (Å²) in [6.45, 7) is 13.0. The third-order valence-electron chi connectivity index (χ3n) is 9.84. The minimum absolute atomic E-state index is 0.0510. The molecule has 5 rings (SSSR count). The van der Waals surface area contributed by atoms with E-state index in [-0.39, 0.29) is 29.6 Å². The number of carbonyl (C=O) groups is 3. The Morgan fingerprint density at radius 1 is 1.17 bits per heavy atom. The van der Waals surface area contributed by atoms with E-state index in [1.807, 2.05) is 19.9 Å². The maximum atomic E-state index is 14.7. The van der Waals surface area contributed by atoms with Crippen molar-refractivity contribution in [3.63, 3.8) is 0 Å². The standard InChI is InChI=1S/C36H49ClN4O7/c1-8-9-10-13-22-18-26(22)47-34(44)40-29(36(6)16-11-12-17-36)32(42)41-20-27(21(2)28(41)33(43)48-35(3,4)5)46-31-30(37)38-24-15-14-23(45-7)19-25(24)39-31/h8,14-15,19,21-22,26-29H,1,9-13,16-18,20H2,2-7H3,(H,40,44)/t21-,22?,26-,27+,28+,29-/m1/s1. The van der Waals surface area contributed by atoms with Crippen LogP contribution < -0.4 is 14.8 Å². The van der Waals surface area contributed by atoms with E-state index >= 15 is 0 Å². The lowest BCUT2D eigenvalue weighted by Crippen LogP contribution is -2.58. The summed E-state index contributed by atoms with van der Waals surface area (Å²) in [6.07, 6.45) is 7.54. The zero-order valence-corrected chi connectivity index (χ0v) is 29.7. The van der Waals surface area contributed by atoms with E-state index in [0.29, 0.717) is 22.7 Å². The van der Waals surface area contributed by atoms with Gasteiger partial charge < -0.3 is 29.2 Å². The van der Waals surface area contributed by atoms with Crippen molar-refractivity contribution < 1.29 is 33.3 Å². The molecule has 1 aromatic heterocycles. The molecular formula is C36H49ClN4O7. The second-order valence-electron chi connectivity index (χ2n) is 14.8. The number of esters is 1. The van der Waals surface area contributed by atoms with Gasteiger partial charge >= 0.3 is 12.1 Å². The average molecular weight is 685 g/mol. The van der Waals surface area contributed by atoms with E-state index in [4.69, 9.17) is 30.5 Å². The van der Waals surface area contributed by atoms with E-state index in [0.717, 1.165) is 51.4 Å². The molecule has 2 aliphatic carbocycles. The zero-order chi connectivity index (χ0) is 34.8. The van der Waals surface area contributed by atoms with Gasteiger partial charge in [0.1, 0.15) is 35.6 Å². The fraction of sp³-hybridized carbons (Fsp3) is 0.639. The molecule has 0 spiro atoms. The quantitative estimate of drug-likeness (QED) is 0.148. The number of unbranched alkanes of at least 4 members (excludes halogenated alkanes) is 1. The molecule has 0 radical (unpaired) electrons. The highest BCUT2D eigenvalue weighted by Crippen LogP contribution is 2.43. The van der Waals surface area contributed by atoms with Gasteiger partial charge in [0.25, 0.3) is 5.88 Å². The summed E-state index contributed by atoms with van der Waals surface area (Å²) in [5, 5.41) is 3.00. The van der Waals surface area contributed by atoms with Gasteiger partial charge in [-0.1, -0.05) is 44.4 Å². The van der Waals surface area contributed by atoms with Gasteiger partial charge in [0.05, 0.1) is 24.7 Å². The number of fused-ring (bicyclic) bond motifs is 1. The molecule has 2 saturated carbocycles. The SMILES string of the molecule is C=CCCCC1C[C@H]1OC(=O)N[C@H](C(=O)N1C[C@H](Oc2nc3cc(OC)ccc3nc2Cl)[C@@H](C)[C@H]1C(=O)OC(C)(C)C)C1(C)CCCC1. The predicted octanol–water partition coefficient (Wildman–Crippen LogP) is 6.65. The molecule has 3 aliphatic rings. The number of hydrogen-bond acceptors (Lipinski definition) is 9. The monoisotopic (exact) mass is 684 g/mol.